The summed E-state index contributed by atoms with van der Waals surface area (Å²) in [4.78, 5) is 9.38. The van der Waals surface area contributed by atoms with Crippen LogP contribution in [0.3, 0.4) is 0 Å². The summed E-state index contributed by atoms with van der Waals surface area (Å²) in [5.74, 6) is -0.0256. The highest BCUT2D eigenvalue weighted by atomic mass is 19.4. The van der Waals surface area contributed by atoms with Crippen LogP contribution in [0.4, 0.5) is 19.1 Å². The molecule has 118 valence electrons. The number of aromatic nitrogens is 2. The first kappa shape index (κ1) is 16.0. The molecule has 1 saturated heterocycles. The summed E-state index contributed by atoms with van der Waals surface area (Å²) in [7, 11) is 0. The second kappa shape index (κ2) is 7.04. The molecule has 0 saturated carbocycles. The Bertz CT molecular complexity index is 455. The van der Waals surface area contributed by atoms with Gasteiger partial charge in [0.15, 0.2) is 0 Å². The van der Waals surface area contributed by atoms with Crippen LogP contribution in [-0.4, -0.2) is 52.3 Å². The fourth-order valence-corrected chi connectivity index (χ4v) is 2.47. The molecule has 0 bridgehead atoms. The number of hydrogen-bond donors (Lipinski definition) is 2. The molecule has 21 heavy (non-hydrogen) atoms. The van der Waals surface area contributed by atoms with Gasteiger partial charge in [-0.1, -0.05) is 6.42 Å². The summed E-state index contributed by atoms with van der Waals surface area (Å²) < 4.78 is 37.6. The highest BCUT2D eigenvalue weighted by molar-refractivity contribution is 5.25. The number of aliphatic hydroxyl groups excluding tert-OH is 1. The van der Waals surface area contributed by atoms with Gasteiger partial charge in [0.1, 0.15) is 5.69 Å². The van der Waals surface area contributed by atoms with Crippen LogP contribution in [0.15, 0.2) is 12.3 Å². The van der Waals surface area contributed by atoms with Crippen LogP contribution in [-0.2, 0) is 6.18 Å². The molecule has 0 amide bonds. The third-order valence-electron chi connectivity index (χ3n) is 3.59. The van der Waals surface area contributed by atoms with Crippen molar-refractivity contribution < 1.29 is 18.3 Å². The zero-order chi connectivity index (χ0) is 15.3. The molecule has 8 heteroatoms. The number of likely N-dealkylation sites (tertiary alicyclic amines) is 1. The van der Waals surface area contributed by atoms with Gasteiger partial charge in [-0.05, 0) is 25.5 Å². The molecule has 1 fully saturated rings. The van der Waals surface area contributed by atoms with Gasteiger partial charge in [0.05, 0.1) is 6.61 Å². The molecule has 1 aliphatic rings. The lowest BCUT2D eigenvalue weighted by molar-refractivity contribution is -0.141. The minimum atomic E-state index is -4.46. The standard InChI is InChI=1S/C13H19F3N4O/c14-13(15,16)11-4-5-17-12(19-11)18-6-8-20-7-2-1-3-10(20)9-21/h4-5,10,21H,1-3,6-9H2,(H,17,18,19). The monoisotopic (exact) mass is 304 g/mol. The van der Waals surface area contributed by atoms with Crippen molar-refractivity contribution in [2.75, 3.05) is 31.6 Å². The fraction of sp³-hybridized carbons (Fsp3) is 0.692. The Morgan fingerprint density at radius 2 is 2.19 bits per heavy atom. The molecule has 2 N–H and O–H groups in total. The lowest BCUT2D eigenvalue weighted by atomic mass is 10.0. The molecule has 0 aromatic carbocycles. The molecule has 1 unspecified atom stereocenters. The summed E-state index contributed by atoms with van der Waals surface area (Å²) in [5.41, 5.74) is -0.953. The molecule has 1 aromatic rings. The molecule has 0 spiro atoms. The topological polar surface area (TPSA) is 61.3 Å². The SMILES string of the molecule is OCC1CCCCN1CCNc1nccc(C(F)(F)F)n1. The van der Waals surface area contributed by atoms with E-state index in [0.29, 0.717) is 13.1 Å². The number of rotatable bonds is 5. The predicted molar refractivity (Wildman–Crippen MR) is 71.8 cm³/mol. The van der Waals surface area contributed by atoms with Crippen molar-refractivity contribution in [1.82, 2.24) is 14.9 Å². The van der Waals surface area contributed by atoms with Crippen LogP contribution in [0.2, 0.25) is 0 Å². The minimum absolute atomic E-state index is 0.0256. The van der Waals surface area contributed by atoms with E-state index in [-0.39, 0.29) is 18.6 Å². The Morgan fingerprint density at radius 1 is 1.38 bits per heavy atom. The van der Waals surface area contributed by atoms with E-state index in [1.807, 2.05) is 0 Å². The van der Waals surface area contributed by atoms with Crippen LogP contribution in [0.1, 0.15) is 25.0 Å². The molecular weight excluding hydrogens is 285 g/mol. The Balaban J connectivity index is 1.85. The van der Waals surface area contributed by atoms with E-state index < -0.39 is 11.9 Å². The fourth-order valence-electron chi connectivity index (χ4n) is 2.47. The molecule has 1 aliphatic heterocycles. The summed E-state index contributed by atoms with van der Waals surface area (Å²) in [5, 5.41) is 12.1. The normalized spacial score (nSPS) is 20.5. The van der Waals surface area contributed by atoms with E-state index >= 15 is 0 Å². The van der Waals surface area contributed by atoms with Gasteiger partial charge in [-0.3, -0.25) is 4.90 Å². The van der Waals surface area contributed by atoms with Gasteiger partial charge in [0.25, 0.3) is 0 Å². The quantitative estimate of drug-likeness (QED) is 0.868. The molecule has 0 radical (unpaired) electrons. The first-order valence-corrected chi connectivity index (χ1v) is 6.99. The lowest BCUT2D eigenvalue weighted by Gasteiger charge is -2.34. The Hall–Kier alpha value is -1.41. The van der Waals surface area contributed by atoms with E-state index in [1.165, 1.54) is 0 Å². The predicted octanol–water partition coefficient (Wildman–Crippen LogP) is 1.75. The smallest absolute Gasteiger partial charge is 0.395 e. The van der Waals surface area contributed by atoms with E-state index in [1.54, 1.807) is 0 Å². The number of anilines is 1. The van der Waals surface area contributed by atoms with Crippen LogP contribution in [0.25, 0.3) is 0 Å². The van der Waals surface area contributed by atoms with Crippen molar-refractivity contribution in [2.45, 2.75) is 31.5 Å². The molecular formula is C13H19F3N4O. The van der Waals surface area contributed by atoms with Gasteiger partial charge in [-0.15, -0.1) is 0 Å². The number of hydrogen-bond acceptors (Lipinski definition) is 5. The van der Waals surface area contributed by atoms with Crippen LogP contribution < -0.4 is 5.32 Å². The van der Waals surface area contributed by atoms with Crippen molar-refractivity contribution in [1.29, 1.82) is 0 Å². The van der Waals surface area contributed by atoms with Crippen LogP contribution in [0.5, 0.6) is 0 Å². The van der Waals surface area contributed by atoms with Crippen LogP contribution >= 0.6 is 0 Å². The van der Waals surface area contributed by atoms with Crippen molar-refractivity contribution in [3.63, 3.8) is 0 Å². The third-order valence-corrected chi connectivity index (χ3v) is 3.59. The maximum atomic E-state index is 12.5. The first-order chi connectivity index (χ1) is 10.0. The zero-order valence-electron chi connectivity index (χ0n) is 11.6. The van der Waals surface area contributed by atoms with Gasteiger partial charge in [-0.2, -0.15) is 13.2 Å². The maximum absolute atomic E-state index is 12.5. The Kier molecular flexibility index (Phi) is 5.35. The first-order valence-electron chi connectivity index (χ1n) is 6.99. The number of halogens is 3. The Morgan fingerprint density at radius 3 is 2.90 bits per heavy atom. The molecule has 1 aromatic heterocycles. The summed E-state index contributed by atoms with van der Waals surface area (Å²) in [6.07, 6.45) is -0.233. The second-order valence-electron chi connectivity index (χ2n) is 5.06. The molecule has 0 aliphatic carbocycles. The van der Waals surface area contributed by atoms with Crippen LogP contribution in [0, 0.1) is 0 Å². The molecule has 2 rings (SSSR count). The highest BCUT2D eigenvalue weighted by Gasteiger charge is 2.32. The Labute approximate surface area is 121 Å². The van der Waals surface area contributed by atoms with Gasteiger partial charge in [0, 0.05) is 25.3 Å². The van der Waals surface area contributed by atoms with Gasteiger partial charge >= 0.3 is 6.18 Å². The molecule has 1 atom stereocenters. The van der Waals surface area contributed by atoms with Crippen molar-refractivity contribution in [3.8, 4) is 0 Å². The summed E-state index contributed by atoms with van der Waals surface area (Å²) in [6, 6.07) is 0.986. The van der Waals surface area contributed by atoms with Gasteiger partial charge in [0.2, 0.25) is 5.95 Å². The summed E-state index contributed by atoms with van der Waals surface area (Å²) >= 11 is 0. The molecule has 2 heterocycles. The third kappa shape index (κ3) is 4.53. The summed E-state index contributed by atoms with van der Waals surface area (Å²) in [6.45, 7) is 2.10. The number of piperidine rings is 1. The number of nitrogens with zero attached hydrogens (tertiary/aromatic N) is 3. The van der Waals surface area contributed by atoms with E-state index in [2.05, 4.69) is 20.2 Å². The average Bonchev–Trinajstić information content (AvgIpc) is 2.47. The average molecular weight is 304 g/mol. The minimum Gasteiger partial charge on any atom is -0.395 e. The zero-order valence-corrected chi connectivity index (χ0v) is 11.6. The number of nitrogens with one attached hydrogen (secondary N) is 1. The number of alkyl halides is 3. The van der Waals surface area contributed by atoms with E-state index in [9.17, 15) is 18.3 Å². The van der Waals surface area contributed by atoms with Gasteiger partial charge < -0.3 is 10.4 Å². The maximum Gasteiger partial charge on any atom is 0.433 e. The largest absolute Gasteiger partial charge is 0.433 e. The lowest BCUT2D eigenvalue weighted by Crippen LogP contribution is -2.44. The van der Waals surface area contributed by atoms with Crippen molar-refractivity contribution in [3.05, 3.63) is 18.0 Å². The number of aliphatic hydroxyl groups is 1. The van der Waals surface area contributed by atoms with Crippen molar-refractivity contribution in [2.24, 2.45) is 0 Å². The van der Waals surface area contributed by atoms with E-state index in [0.717, 1.165) is 38.1 Å². The van der Waals surface area contributed by atoms with Gasteiger partial charge in [-0.25, -0.2) is 9.97 Å². The van der Waals surface area contributed by atoms with Crippen molar-refractivity contribution >= 4 is 5.95 Å². The highest BCUT2D eigenvalue weighted by Crippen LogP contribution is 2.27. The molecule has 5 nitrogen and oxygen atoms in total. The second-order valence-corrected chi connectivity index (χ2v) is 5.06. The van der Waals surface area contributed by atoms with E-state index in [4.69, 9.17) is 0 Å².